The average Bonchev–Trinajstić information content (AvgIpc) is 2.38. The molecule has 4 nitrogen and oxygen atoms in total. The Labute approximate surface area is 112 Å². The van der Waals surface area contributed by atoms with Gasteiger partial charge in [0.25, 0.3) is 5.91 Å². The molecule has 0 bridgehead atoms. The number of carbonyl (C=O) groups is 1. The summed E-state index contributed by atoms with van der Waals surface area (Å²) in [5.74, 6) is 5.78. The molecule has 1 aromatic rings. The summed E-state index contributed by atoms with van der Waals surface area (Å²) in [6, 6.07) is 7.02. The van der Waals surface area contributed by atoms with Crippen molar-refractivity contribution in [1.82, 2.24) is 9.91 Å². The predicted molar refractivity (Wildman–Crippen MR) is 72.3 cm³/mol. The Kier molecular flexibility index (Phi) is 4.22. The van der Waals surface area contributed by atoms with Crippen molar-refractivity contribution in [3.8, 4) is 0 Å². The second-order valence-corrected chi connectivity index (χ2v) is 5.19. The van der Waals surface area contributed by atoms with E-state index in [0.29, 0.717) is 10.6 Å². The number of piperidine rings is 1. The van der Waals surface area contributed by atoms with Crippen LogP contribution < -0.4 is 5.84 Å². The van der Waals surface area contributed by atoms with Crippen LogP contribution in [0.3, 0.4) is 0 Å². The van der Waals surface area contributed by atoms with Gasteiger partial charge in [-0.25, -0.2) is 5.84 Å². The van der Waals surface area contributed by atoms with E-state index in [0.717, 1.165) is 25.9 Å². The lowest BCUT2D eigenvalue weighted by Gasteiger charge is -2.34. The minimum Gasteiger partial charge on any atom is -0.306 e. The van der Waals surface area contributed by atoms with Gasteiger partial charge < -0.3 is 4.90 Å². The standard InChI is InChI=1S/C13H18ClN3O/c1-16-7-5-12(6-8-16)17(15)13(18)10-3-2-4-11(14)9-10/h2-4,9,12H,5-8,15H2,1H3. The van der Waals surface area contributed by atoms with Gasteiger partial charge in [-0.3, -0.25) is 9.80 Å². The van der Waals surface area contributed by atoms with E-state index in [1.165, 1.54) is 5.01 Å². The molecule has 0 atom stereocenters. The number of nitrogens with zero attached hydrogens (tertiary/aromatic N) is 2. The Hall–Kier alpha value is -1.10. The number of hydrazine groups is 1. The number of carbonyl (C=O) groups excluding carboxylic acids is 1. The Balaban J connectivity index is 2.04. The molecule has 0 radical (unpaired) electrons. The highest BCUT2D eigenvalue weighted by atomic mass is 35.5. The van der Waals surface area contributed by atoms with Crippen molar-refractivity contribution in [1.29, 1.82) is 0 Å². The molecule has 1 amide bonds. The van der Waals surface area contributed by atoms with Gasteiger partial charge in [0.2, 0.25) is 0 Å². The summed E-state index contributed by atoms with van der Waals surface area (Å²) in [4.78, 5) is 14.5. The molecule has 1 aromatic carbocycles. The van der Waals surface area contributed by atoms with E-state index in [4.69, 9.17) is 17.4 Å². The minimum absolute atomic E-state index is 0.118. The molecule has 0 aromatic heterocycles. The number of amides is 1. The van der Waals surface area contributed by atoms with Crippen molar-refractivity contribution in [2.45, 2.75) is 18.9 Å². The molecule has 1 heterocycles. The van der Waals surface area contributed by atoms with Crippen LogP contribution in [-0.2, 0) is 0 Å². The topological polar surface area (TPSA) is 49.6 Å². The first-order valence-electron chi connectivity index (χ1n) is 6.10. The van der Waals surface area contributed by atoms with Crippen LogP contribution in [0.15, 0.2) is 24.3 Å². The average molecular weight is 268 g/mol. The maximum Gasteiger partial charge on any atom is 0.268 e. The SMILES string of the molecule is CN1CCC(N(N)C(=O)c2cccc(Cl)c2)CC1. The molecule has 5 heteroatoms. The van der Waals surface area contributed by atoms with Crippen LogP contribution in [-0.4, -0.2) is 42.0 Å². The molecule has 1 aliphatic rings. The molecule has 18 heavy (non-hydrogen) atoms. The normalized spacial score (nSPS) is 17.7. The first kappa shape index (κ1) is 13.3. The van der Waals surface area contributed by atoms with E-state index in [2.05, 4.69) is 11.9 Å². The summed E-state index contributed by atoms with van der Waals surface area (Å²) in [6.07, 6.45) is 1.83. The number of nitrogens with two attached hydrogens (primary N) is 1. The van der Waals surface area contributed by atoms with E-state index in [1.54, 1.807) is 24.3 Å². The third-order valence-electron chi connectivity index (χ3n) is 3.39. The number of halogens is 1. The zero-order chi connectivity index (χ0) is 13.1. The Morgan fingerprint density at radius 3 is 2.72 bits per heavy atom. The van der Waals surface area contributed by atoms with Crippen LogP contribution >= 0.6 is 11.6 Å². The summed E-state index contributed by atoms with van der Waals surface area (Å²) >= 11 is 5.88. The summed E-state index contributed by atoms with van der Waals surface area (Å²) in [7, 11) is 2.08. The Morgan fingerprint density at radius 2 is 2.11 bits per heavy atom. The minimum atomic E-state index is -0.160. The van der Waals surface area contributed by atoms with Gasteiger partial charge in [-0.1, -0.05) is 17.7 Å². The van der Waals surface area contributed by atoms with Gasteiger partial charge >= 0.3 is 0 Å². The van der Waals surface area contributed by atoms with Crippen LogP contribution in [0.5, 0.6) is 0 Å². The third-order valence-corrected chi connectivity index (χ3v) is 3.62. The summed E-state index contributed by atoms with van der Waals surface area (Å²) < 4.78 is 0. The van der Waals surface area contributed by atoms with Gasteiger partial charge in [-0.2, -0.15) is 0 Å². The van der Waals surface area contributed by atoms with Crippen LogP contribution in [0.2, 0.25) is 5.02 Å². The van der Waals surface area contributed by atoms with Gasteiger partial charge in [0.05, 0.1) is 6.04 Å². The Morgan fingerprint density at radius 1 is 1.44 bits per heavy atom. The molecule has 0 aliphatic carbocycles. The van der Waals surface area contributed by atoms with Crippen LogP contribution in [0.25, 0.3) is 0 Å². The number of hydrogen-bond donors (Lipinski definition) is 1. The predicted octanol–water partition coefficient (Wildman–Crippen LogP) is 1.75. The van der Waals surface area contributed by atoms with Crippen molar-refractivity contribution in [3.05, 3.63) is 34.9 Å². The Bertz CT molecular complexity index is 430. The maximum atomic E-state index is 12.2. The number of hydrogen-bond acceptors (Lipinski definition) is 3. The lowest BCUT2D eigenvalue weighted by atomic mass is 10.0. The molecule has 0 saturated carbocycles. The highest BCUT2D eigenvalue weighted by Gasteiger charge is 2.25. The second kappa shape index (κ2) is 5.69. The molecule has 0 spiro atoms. The number of benzene rings is 1. The fourth-order valence-corrected chi connectivity index (χ4v) is 2.40. The number of rotatable bonds is 2. The van der Waals surface area contributed by atoms with E-state index in [1.807, 2.05) is 0 Å². The first-order chi connectivity index (χ1) is 8.58. The van der Waals surface area contributed by atoms with Crippen LogP contribution in [0.1, 0.15) is 23.2 Å². The second-order valence-electron chi connectivity index (χ2n) is 4.76. The van der Waals surface area contributed by atoms with Gasteiger partial charge in [0.15, 0.2) is 0 Å². The lowest BCUT2D eigenvalue weighted by molar-refractivity contribution is 0.0591. The maximum absolute atomic E-state index is 12.2. The highest BCUT2D eigenvalue weighted by Crippen LogP contribution is 2.17. The fourth-order valence-electron chi connectivity index (χ4n) is 2.21. The van der Waals surface area contributed by atoms with Gasteiger partial charge in [-0.15, -0.1) is 0 Å². The highest BCUT2D eigenvalue weighted by molar-refractivity contribution is 6.30. The van der Waals surface area contributed by atoms with E-state index < -0.39 is 0 Å². The molecule has 1 saturated heterocycles. The molecule has 0 unspecified atom stereocenters. The van der Waals surface area contributed by atoms with Crippen molar-refractivity contribution < 1.29 is 4.79 Å². The van der Waals surface area contributed by atoms with Crippen molar-refractivity contribution >= 4 is 17.5 Å². The summed E-state index contributed by atoms with van der Waals surface area (Å²) in [6.45, 7) is 1.95. The van der Waals surface area contributed by atoms with E-state index in [9.17, 15) is 4.79 Å². The molecular formula is C13H18ClN3O. The third kappa shape index (κ3) is 3.02. The summed E-state index contributed by atoms with van der Waals surface area (Å²) in [5, 5.41) is 1.91. The van der Waals surface area contributed by atoms with Crippen LogP contribution in [0, 0.1) is 0 Å². The molecule has 2 rings (SSSR count). The van der Waals surface area contributed by atoms with E-state index in [-0.39, 0.29) is 11.9 Å². The van der Waals surface area contributed by atoms with Crippen molar-refractivity contribution in [2.24, 2.45) is 5.84 Å². The molecule has 1 fully saturated rings. The van der Waals surface area contributed by atoms with Gasteiger partial charge in [0.1, 0.15) is 0 Å². The number of likely N-dealkylation sites (tertiary alicyclic amines) is 1. The smallest absolute Gasteiger partial charge is 0.268 e. The summed E-state index contributed by atoms with van der Waals surface area (Å²) in [5.41, 5.74) is 0.545. The van der Waals surface area contributed by atoms with E-state index >= 15 is 0 Å². The molecule has 1 aliphatic heterocycles. The van der Waals surface area contributed by atoms with Crippen LogP contribution in [0.4, 0.5) is 0 Å². The zero-order valence-electron chi connectivity index (χ0n) is 10.5. The lowest BCUT2D eigenvalue weighted by Crippen LogP contribution is -2.50. The monoisotopic (exact) mass is 267 g/mol. The fraction of sp³-hybridized carbons (Fsp3) is 0.462. The van der Waals surface area contributed by atoms with Crippen molar-refractivity contribution in [3.63, 3.8) is 0 Å². The quantitative estimate of drug-likeness (QED) is 0.505. The molecular weight excluding hydrogens is 250 g/mol. The van der Waals surface area contributed by atoms with Crippen molar-refractivity contribution in [2.75, 3.05) is 20.1 Å². The van der Waals surface area contributed by atoms with Gasteiger partial charge in [-0.05, 0) is 51.2 Å². The zero-order valence-corrected chi connectivity index (χ0v) is 11.2. The van der Waals surface area contributed by atoms with Gasteiger partial charge in [0, 0.05) is 10.6 Å². The largest absolute Gasteiger partial charge is 0.306 e. The molecule has 2 N–H and O–H groups in total. The molecule has 98 valence electrons. The first-order valence-corrected chi connectivity index (χ1v) is 6.48.